The molecule has 2 aliphatic rings. The van der Waals surface area contributed by atoms with Gasteiger partial charge in [-0.1, -0.05) is 0 Å². The zero-order valence-electron chi connectivity index (χ0n) is 19.4. The number of nitrogens with zero attached hydrogens (tertiary/aromatic N) is 6. The van der Waals surface area contributed by atoms with Gasteiger partial charge in [-0.2, -0.15) is 0 Å². The fourth-order valence-corrected chi connectivity index (χ4v) is 4.84. The summed E-state index contributed by atoms with van der Waals surface area (Å²) < 4.78 is 20.0. The number of methoxy groups -OCH3 is 1. The van der Waals surface area contributed by atoms with E-state index in [1.54, 1.807) is 19.5 Å². The Bertz CT molecular complexity index is 1260. The number of hydrogen-bond acceptors (Lipinski definition) is 8. The molecule has 2 saturated heterocycles. The normalized spacial score (nSPS) is 18.9. The van der Waals surface area contributed by atoms with E-state index < -0.39 is 11.7 Å². The highest BCUT2D eigenvalue weighted by atomic mass is 19.1. The molecule has 3 aromatic heterocycles. The molecule has 1 atom stereocenters. The Morgan fingerprint density at radius 2 is 2.00 bits per heavy atom. The molecule has 0 spiro atoms. The maximum atomic E-state index is 13.5. The zero-order valence-corrected chi connectivity index (χ0v) is 19.4. The van der Waals surface area contributed by atoms with Crippen LogP contribution in [0.4, 0.5) is 21.6 Å². The maximum Gasteiger partial charge on any atom is 0.263 e. The Morgan fingerprint density at radius 3 is 2.74 bits per heavy atom. The van der Waals surface area contributed by atoms with Crippen molar-refractivity contribution in [3.63, 3.8) is 0 Å². The van der Waals surface area contributed by atoms with Gasteiger partial charge in [-0.15, -0.1) is 5.10 Å². The van der Waals surface area contributed by atoms with E-state index in [0.29, 0.717) is 25.3 Å². The molecule has 0 radical (unpaired) electrons. The predicted molar refractivity (Wildman–Crippen MR) is 126 cm³/mol. The number of ether oxygens (including phenoxy) is 1. The number of hydrogen-bond donors (Lipinski definition) is 2. The Morgan fingerprint density at radius 1 is 1.20 bits per heavy atom. The third-order valence-corrected chi connectivity index (χ3v) is 6.72. The van der Waals surface area contributed by atoms with Gasteiger partial charge in [0.15, 0.2) is 17.3 Å². The molecule has 5 rings (SSSR count). The minimum absolute atomic E-state index is 0.0215. The van der Waals surface area contributed by atoms with Crippen LogP contribution in [0.2, 0.25) is 0 Å². The lowest BCUT2D eigenvalue weighted by Gasteiger charge is -2.35. The molecule has 5 heterocycles. The number of nitrogens with one attached hydrogen (secondary N) is 1. The molecular weight excluding hydrogens is 455 g/mol. The Kier molecular flexibility index (Phi) is 6.20. The molecule has 11 nitrogen and oxygen atoms in total. The maximum absolute atomic E-state index is 13.5. The summed E-state index contributed by atoms with van der Waals surface area (Å²) in [5, 5.41) is 6.83. The molecule has 184 valence electrons. The van der Waals surface area contributed by atoms with E-state index in [9.17, 15) is 14.0 Å². The highest BCUT2D eigenvalue weighted by molar-refractivity contribution is 6.12. The number of amides is 2. The summed E-state index contributed by atoms with van der Waals surface area (Å²) in [5.74, 6) is -0.987. The van der Waals surface area contributed by atoms with Crippen LogP contribution in [0.1, 0.15) is 29.6 Å². The van der Waals surface area contributed by atoms with Crippen LogP contribution >= 0.6 is 0 Å². The van der Waals surface area contributed by atoms with Crippen LogP contribution in [0.25, 0.3) is 5.65 Å². The summed E-state index contributed by atoms with van der Waals surface area (Å²) in [6.45, 7) is 2.74. The van der Waals surface area contributed by atoms with E-state index in [1.807, 2.05) is 11.0 Å². The Labute approximate surface area is 201 Å². The van der Waals surface area contributed by atoms with Gasteiger partial charge in [0.25, 0.3) is 5.91 Å². The van der Waals surface area contributed by atoms with E-state index in [0.717, 1.165) is 48.4 Å². The first-order valence-electron chi connectivity index (χ1n) is 11.6. The van der Waals surface area contributed by atoms with E-state index >= 15 is 0 Å². The molecule has 35 heavy (non-hydrogen) atoms. The fourth-order valence-electron chi connectivity index (χ4n) is 4.84. The summed E-state index contributed by atoms with van der Waals surface area (Å²) in [6, 6.07) is 1.83. The minimum Gasteiger partial charge on any atom is -0.381 e. The first-order chi connectivity index (χ1) is 16.9. The number of nitrogens with two attached hydrogens (primary N) is 1. The van der Waals surface area contributed by atoms with Crippen molar-refractivity contribution in [2.45, 2.75) is 25.4 Å². The van der Waals surface area contributed by atoms with Crippen molar-refractivity contribution in [2.24, 2.45) is 5.92 Å². The molecule has 0 saturated carbocycles. The number of carbonyl (C=O) groups is 2. The number of likely N-dealkylation sites (tertiary alicyclic amines) is 1. The van der Waals surface area contributed by atoms with Crippen LogP contribution in [-0.4, -0.2) is 75.7 Å². The summed E-state index contributed by atoms with van der Waals surface area (Å²) in [5.41, 5.74) is 7.45. The number of rotatable bonds is 5. The quantitative estimate of drug-likeness (QED) is 0.560. The van der Waals surface area contributed by atoms with Crippen molar-refractivity contribution >= 4 is 34.7 Å². The van der Waals surface area contributed by atoms with E-state index in [2.05, 4.69) is 25.3 Å². The average molecular weight is 483 g/mol. The number of aromatic nitrogens is 4. The van der Waals surface area contributed by atoms with Crippen LogP contribution in [0.5, 0.6) is 0 Å². The first kappa shape index (κ1) is 23.0. The smallest absolute Gasteiger partial charge is 0.263 e. The number of fused-ring (bicyclic) bond motifs is 1. The molecule has 0 aliphatic carbocycles. The fraction of sp³-hybridized carbons (Fsp3) is 0.435. The third kappa shape index (κ3) is 4.48. The number of pyridine rings is 1. The Hall–Kier alpha value is -3.80. The van der Waals surface area contributed by atoms with E-state index in [-0.39, 0.29) is 35.0 Å². The van der Waals surface area contributed by atoms with Crippen LogP contribution < -0.4 is 16.0 Å². The van der Waals surface area contributed by atoms with Crippen molar-refractivity contribution in [1.29, 1.82) is 0 Å². The first-order valence-corrected chi connectivity index (χ1v) is 11.6. The third-order valence-electron chi connectivity index (χ3n) is 6.72. The highest BCUT2D eigenvalue weighted by Crippen LogP contribution is 2.31. The van der Waals surface area contributed by atoms with Crippen LogP contribution in [0.15, 0.2) is 30.9 Å². The van der Waals surface area contributed by atoms with Crippen LogP contribution in [0.3, 0.4) is 0 Å². The molecule has 0 aromatic carbocycles. The molecular formula is C23H27FN8O3. The monoisotopic (exact) mass is 482 g/mol. The standard InChI is InChI=1S/C23H27FN8O3/c1-35-16-5-9-31(13-16)23(34)14-3-7-30(8-4-14)18-2-6-26-11-17(18)28-22(33)19-20(25)29-32-12-15(24)10-27-21(19)32/h2,6,10-12,14,16H,3-5,7-9,13H2,1H3,(H2,25,29)(H,28,33). The highest BCUT2D eigenvalue weighted by Gasteiger charge is 2.33. The number of halogens is 1. The van der Waals surface area contributed by atoms with Crippen LogP contribution in [-0.2, 0) is 9.53 Å². The van der Waals surface area contributed by atoms with Crippen molar-refractivity contribution in [3.8, 4) is 0 Å². The largest absolute Gasteiger partial charge is 0.381 e. The van der Waals surface area contributed by atoms with Gasteiger partial charge in [0.2, 0.25) is 5.91 Å². The lowest BCUT2D eigenvalue weighted by atomic mass is 9.95. The van der Waals surface area contributed by atoms with Crippen molar-refractivity contribution in [1.82, 2.24) is 24.5 Å². The Balaban J connectivity index is 1.28. The van der Waals surface area contributed by atoms with Gasteiger partial charge in [0.1, 0.15) is 5.56 Å². The van der Waals surface area contributed by atoms with Crippen molar-refractivity contribution in [2.75, 3.05) is 49.2 Å². The topological polar surface area (TPSA) is 131 Å². The second-order valence-electron chi connectivity index (χ2n) is 8.84. The van der Waals surface area contributed by atoms with E-state index in [1.165, 1.54) is 0 Å². The zero-order chi connectivity index (χ0) is 24.5. The van der Waals surface area contributed by atoms with Gasteiger partial charge in [-0.25, -0.2) is 13.9 Å². The predicted octanol–water partition coefficient (Wildman–Crippen LogP) is 1.56. The van der Waals surface area contributed by atoms with Gasteiger partial charge < -0.3 is 25.6 Å². The summed E-state index contributed by atoms with van der Waals surface area (Å²) in [4.78, 5) is 38.2. The van der Waals surface area contributed by atoms with Gasteiger partial charge >= 0.3 is 0 Å². The number of carbonyl (C=O) groups excluding carboxylic acids is 2. The van der Waals surface area contributed by atoms with E-state index in [4.69, 9.17) is 10.5 Å². The minimum atomic E-state index is -0.591. The molecule has 1 unspecified atom stereocenters. The SMILES string of the molecule is COC1CCN(C(=O)C2CCN(c3ccncc3NC(=O)c3c(N)nn4cc(F)cnc34)CC2)C1. The molecule has 2 aliphatic heterocycles. The average Bonchev–Trinajstić information content (AvgIpc) is 3.47. The van der Waals surface area contributed by atoms with Crippen LogP contribution in [0, 0.1) is 11.7 Å². The number of anilines is 3. The number of piperidine rings is 1. The second-order valence-corrected chi connectivity index (χ2v) is 8.84. The lowest BCUT2D eigenvalue weighted by Crippen LogP contribution is -2.42. The van der Waals surface area contributed by atoms with Gasteiger partial charge in [-0.05, 0) is 25.3 Å². The molecule has 12 heteroatoms. The molecule has 2 fully saturated rings. The molecule has 3 aromatic rings. The molecule has 0 bridgehead atoms. The van der Waals surface area contributed by atoms with Crippen molar-refractivity contribution < 1.29 is 18.7 Å². The van der Waals surface area contributed by atoms with Gasteiger partial charge in [0, 0.05) is 45.4 Å². The summed E-state index contributed by atoms with van der Waals surface area (Å²) in [7, 11) is 1.68. The van der Waals surface area contributed by atoms with Gasteiger partial charge in [0.05, 0.1) is 36.1 Å². The number of nitrogen functional groups attached to an aromatic ring is 1. The molecule has 3 N–H and O–H groups in total. The lowest BCUT2D eigenvalue weighted by molar-refractivity contribution is -0.135. The second kappa shape index (κ2) is 9.45. The van der Waals surface area contributed by atoms with Crippen molar-refractivity contribution in [3.05, 3.63) is 42.2 Å². The summed E-state index contributed by atoms with van der Waals surface area (Å²) in [6.07, 6.45) is 7.78. The summed E-state index contributed by atoms with van der Waals surface area (Å²) >= 11 is 0. The van der Waals surface area contributed by atoms with Gasteiger partial charge in [-0.3, -0.25) is 14.6 Å². The molecule has 2 amide bonds.